The van der Waals surface area contributed by atoms with E-state index < -0.39 is 5.92 Å². The summed E-state index contributed by atoms with van der Waals surface area (Å²) in [5, 5.41) is 0. The molecule has 2 nitrogen and oxygen atoms in total. The van der Waals surface area contributed by atoms with Gasteiger partial charge in [0.25, 0.3) is 0 Å². The molecule has 0 saturated heterocycles. The largest absolute Gasteiger partial charge is 0.486 e. The third-order valence-electron chi connectivity index (χ3n) is 3.44. The van der Waals surface area contributed by atoms with Gasteiger partial charge in [0.2, 0.25) is 5.92 Å². The normalized spacial score (nSPS) is 25.9. The fourth-order valence-electron chi connectivity index (χ4n) is 2.55. The van der Waals surface area contributed by atoms with E-state index in [-0.39, 0.29) is 18.8 Å². The second-order valence-corrected chi connectivity index (χ2v) is 4.70. The molecule has 2 aliphatic rings. The van der Waals surface area contributed by atoms with E-state index in [4.69, 9.17) is 9.47 Å². The second kappa shape index (κ2) is 3.86. The van der Waals surface area contributed by atoms with Crippen molar-refractivity contribution < 1.29 is 18.3 Å². The van der Waals surface area contributed by atoms with Crippen LogP contribution in [0.5, 0.6) is 11.5 Å². The van der Waals surface area contributed by atoms with E-state index in [1.54, 1.807) is 0 Å². The highest BCUT2D eigenvalue weighted by atomic mass is 19.3. The zero-order valence-corrected chi connectivity index (χ0v) is 9.42. The monoisotopic (exact) mass is 240 g/mol. The summed E-state index contributed by atoms with van der Waals surface area (Å²) >= 11 is 0. The van der Waals surface area contributed by atoms with Gasteiger partial charge in [-0.25, -0.2) is 8.78 Å². The number of fused-ring (bicyclic) bond motifs is 1. The fraction of sp³-hybridized carbons (Fsp3) is 0.538. The van der Waals surface area contributed by atoms with E-state index in [2.05, 4.69) is 0 Å². The molecule has 0 N–H and O–H groups in total. The van der Waals surface area contributed by atoms with Crippen molar-refractivity contribution in [2.24, 2.45) is 0 Å². The molecule has 0 spiro atoms. The van der Waals surface area contributed by atoms with Gasteiger partial charge in [0, 0.05) is 12.8 Å². The Bertz CT molecular complexity index is 431. The van der Waals surface area contributed by atoms with E-state index in [0.29, 0.717) is 31.1 Å². The lowest BCUT2D eigenvalue weighted by atomic mass is 9.97. The number of ether oxygens (including phenoxy) is 2. The minimum Gasteiger partial charge on any atom is -0.486 e. The number of alkyl halides is 2. The Morgan fingerprint density at radius 1 is 1.12 bits per heavy atom. The summed E-state index contributed by atoms with van der Waals surface area (Å²) in [5.41, 5.74) is 0.937. The molecule has 1 saturated carbocycles. The van der Waals surface area contributed by atoms with Crippen molar-refractivity contribution in [3.63, 3.8) is 0 Å². The van der Waals surface area contributed by atoms with Crippen LogP contribution in [0.2, 0.25) is 0 Å². The number of rotatable bonds is 1. The molecule has 4 heteroatoms. The van der Waals surface area contributed by atoms with E-state index >= 15 is 0 Å². The van der Waals surface area contributed by atoms with Gasteiger partial charge in [-0.15, -0.1) is 0 Å². The topological polar surface area (TPSA) is 18.5 Å². The first-order valence-electron chi connectivity index (χ1n) is 5.91. The van der Waals surface area contributed by atoms with Gasteiger partial charge in [0.1, 0.15) is 13.2 Å². The maximum atomic E-state index is 13.2. The average Bonchev–Trinajstić information content (AvgIpc) is 2.69. The van der Waals surface area contributed by atoms with Crippen molar-refractivity contribution in [2.45, 2.75) is 31.1 Å². The number of halogens is 2. The summed E-state index contributed by atoms with van der Waals surface area (Å²) in [6.07, 6.45) is 0.491. The number of benzene rings is 1. The van der Waals surface area contributed by atoms with E-state index in [1.807, 2.05) is 18.2 Å². The van der Waals surface area contributed by atoms with Crippen LogP contribution in [0.25, 0.3) is 0 Å². The van der Waals surface area contributed by atoms with Crippen LogP contribution in [0.3, 0.4) is 0 Å². The highest BCUT2D eigenvalue weighted by Gasteiger charge is 2.40. The Morgan fingerprint density at radius 2 is 1.88 bits per heavy atom. The smallest absolute Gasteiger partial charge is 0.248 e. The quantitative estimate of drug-likeness (QED) is 0.749. The molecule has 0 radical (unpaired) electrons. The lowest BCUT2D eigenvalue weighted by molar-refractivity contribution is 0.00775. The molecule has 0 amide bonds. The van der Waals surface area contributed by atoms with Crippen molar-refractivity contribution in [3.8, 4) is 11.5 Å². The third kappa shape index (κ3) is 2.08. The average molecular weight is 240 g/mol. The van der Waals surface area contributed by atoms with Crippen LogP contribution >= 0.6 is 0 Å². The Balaban J connectivity index is 1.84. The first-order chi connectivity index (χ1) is 8.14. The molecule has 1 fully saturated rings. The highest BCUT2D eigenvalue weighted by molar-refractivity contribution is 5.45. The van der Waals surface area contributed by atoms with E-state index in [1.165, 1.54) is 0 Å². The first-order valence-corrected chi connectivity index (χ1v) is 5.91. The van der Waals surface area contributed by atoms with Gasteiger partial charge in [-0.2, -0.15) is 0 Å². The predicted molar refractivity (Wildman–Crippen MR) is 59.0 cm³/mol. The van der Waals surface area contributed by atoms with Crippen molar-refractivity contribution in [3.05, 3.63) is 23.8 Å². The van der Waals surface area contributed by atoms with Gasteiger partial charge in [-0.3, -0.25) is 0 Å². The molecule has 1 aliphatic heterocycles. The molecule has 1 aromatic carbocycles. The molecule has 3 rings (SSSR count). The Labute approximate surface area is 98.5 Å². The lowest BCUT2D eigenvalue weighted by Crippen LogP contribution is -2.15. The van der Waals surface area contributed by atoms with Crippen LogP contribution in [0.15, 0.2) is 18.2 Å². The molecule has 1 unspecified atom stereocenters. The van der Waals surface area contributed by atoms with Gasteiger partial charge in [0.05, 0.1) is 0 Å². The molecule has 1 aliphatic carbocycles. The molecule has 17 heavy (non-hydrogen) atoms. The minimum atomic E-state index is -2.50. The Kier molecular flexibility index (Phi) is 2.45. The van der Waals surface area contributed by atoms with Crippen LogP contribution in [-0.4, -0.2) is 19.1 Å². The number of hydrogen-bond acceptors (Lipinski definition) is 2. The molecular formula is C13H14F2O2. The molecule has 92 valence electrons. The lowest BCUT2D eigenvalue weighted by Gasteiger charge is -2.20. The van der Waals surface area contributed by atoms with Crippen LogP contribution in [-0.2, 0) is 0 Å². The summed E-state index contributed by atoms with van der Waals surface area (Å²) < 4.78 is 37.2. The van der Waals surface area contributed by atoms with Crippen LogP contribution in [0, 0.1) is 0 Å². The first kappa shape index (κ1) is 10.8. The SMILES string of the molecule is FC1(F)CCC(c2ccc3c(c2)OCCO3)C1. The third-order valence-corrected chi connectivity index (χ3v) is 3.44. The molecule has 0 aromatic heterocycles. The second-order valence-electron chi connectivity index (χ2n) is 4.70. The van der Waals surface area contributed by atoms with E-state index in [9.17, 15) is 8.78 Å². The maximum absolute atomic E-state index is 13.2. The van der Waals surface area contributed by atoms with Gasteiger partial charge >= 0.3 is 0 Å². The Hall–Kier alpha value is -1.32. The van der Waals surface area contributed by atoms with Gasteiger partial charge < -0.3 is 9.47 Å². The Morgan fingerprint density at radius 3 is 2.59 bits per heavy atom. The molecule has 0 bridgehead atoms. The van der Waals surface area contributed by atoms with Crippen molar-refractivity contribution in [1.29, 1.82) is 0 Å². The standard InChI is InChI=1S/C13H14F2O2/c14-13(15)4-3-10(8-13)9-1-2-11-12(7-9)17-6-5-16-11/h1-2,7,10H,3-6,8H2. The van der Waals surface area contributed by atoms with Crippen LogP contribution in [0.4, 0.5) is 8.78 Å². The minimum absolute atomic E-state index is 0.00783. The summed E-state index contributed by atoms with van der Waals surface area (Å²) in [4.78, 5) is 0. The molecule has 1 heterocycles. The van der Waals surface area contributed by atoms with E-state index in [0.717, 1.165) is 5.56 Å². The van der Waals surface area contributed by atoms with Gasteiger partial charge in [-0.05, 0) is 30.0 Å². The summed E-state index contributed by atoms with van der Waals surface area (Å²) in [5.74, 6) is -1.16. The maximum Gasteiger partial charge on any atom is 0.248 e. The van der Waals surface area contributed by atoms with Crippen LogP contribution in [0.1, 0.15) is 30.7 Å². The molecule has 1 aromatic rings. The molecular weight excluding hydrogens is 226 g/mol. The highest BCUT2D eigenvalue weighted by Crippen LogP contribution is 2.45. The summed E-state index contributed by atoms with van der Waals surface area (Å²) in [6.45, 7) is 1.07. The zero-order chi connectivity index (χ0) is 11.9. The van der Waals surface area contributed by atoms with Crippen LogP contribution < -0.4 is 9.47 Å². The predicted octanol–water partition coefficient (Wildman–Crippen LogP) is 3.36. The zero-order valence-electron chi connectivity index (χ0n) is 9.42. The van der Waals surface area contributed by atoms with Crippen molar-refractivity contribution >= 4 is 0 Å². The summed E-state index contributed by atoms with van der Waals surface area (Å²) in [6, 6.07) is 5.54. The van der Waals surface area contributed by atoms with Gasteiger partial charge in [-0.1, -0.05) is 6.07 Å². The fourth-order valence-corrected chi connectivity index (χ4v) is 2.55. The van der Waals surface area contributed by atoms with Crippen molar-refractivity contribution in [2.75, 3.05) is 13.2 Å². The van der Waals surface area contributed by atoms with Crippen molar-refractivity contribution in [1.82, 2.24) is 0 Å². The molecule has 1 atom stereocenters. The van der Waals surface area contributed by atoms with Gasteiger partial charge in [0.15, 0.2) is 11.5 Å². The number of hydrogen-bond donors (Lipinski definition) is 0. The summed E-state index contributed by atoms with van der Waals surface area (Å²) in [7, 11) is 0.